The lowest BCUT2D eigenvalue weighted by Gasteiger charge is -2.30. The smallest absolute Gasteiger partial charge is 0.242 e. The number of likely N-dealkylation sites (tertiary alicyclic amines) is 2. The zero-order valence-corrected chi connectivity index (χ0v) is 15.1. The van der Waals surface area contributed by atoms with Gasteiger partial charge in [0.25, 0.3) is 0 Å². The van der Waals surface area contributed by atoms with Crippen LogP contribution in [-0.2, 0) is 16.1 Å². The van der Waals surface area contributed by atoms with Gasteiger partial charge in [0.05, 0.1) is 11.4 Å². The van der Waals surface area contributed by atoms with Crippen LogP contribution in [0.4, 0.5) is 0 Å². The summed E-state index contributed by atoms with van der Waals surface area (Å²) in [6.07, 6.45) is 0.955. The van der Waals surface area contributed by atoms with Crippen LogP contribution in [0.1, 0.15) is 12.1 Å². The first-order valence-corrected chi connectivity index (χ1v) is 9.07. The Balaban J connectivity index is 1.59. The Hall–Kier alpha value is -2.63. The molecule has 26 heavy (non-hydrogen) atoms. The zero-order chi connectivity index (χ0) is 18.4. The van der Waals surface area contributed by atoms with E-state index in [4.69, 9.17) is 0 Å². The van der Waals surface area contributed by atoms with Crippen LogP contribution < -0.4 is 5.43 Å². The molecule has 2 aliphatic heterocycles. The van der Waals surface area contributed by atoms with Gasteiger partial charge in [-0.2, -0.15) is 0 Å². The van der Waals surface area contributed by atoms with E-state index in [2.05, 4.69) is 0 Å². The topological polar surface area (TPSA) is 62.6 Å². The Kier molecular flexibility index (Phi) is 4.05. The van der Waals surface area contributed by atoms with Gasteiger partial charge in [-0.25, -0.2) is 0 Å². The van der Waals surface area contributed by atoms with Gasteiger partial charge in [0, 0.05) is 43.8 Å². The molecule has 2 fully saturated rings. The normalized spacial score (nSPS) is 22.8. The van der Waals surface area contributed by atoms with E-state index in [1.165, 1.54) is 0 Å². The number of aromatic nitrogens is 1. The maximum Gasteiger partial charge on any atom is 0.242 e. The van der Waals surface area contributed by atoms with E-state index in [1.807, 2.05) is 41.6 Å². The van der Waals surface area contributed by atoms with E-state index in [0.717, 1.165) is 24.2 Å². The lowest BCUT2D eigenvalue weighted by molar-refractivity contribution is -0.138. The van der Waals surface area contributed by atoms with E-state index < -0.39 is 0 Å². The molecule has 6 heteroatoms. The largest absolute Gasteiger partial charge is 0.345 e. The number of piperidine rings is 1. The van der Waals surface area contributed by atoms with Crippen molar-refractivity contribution in [2.24, 2.45) is 11.8 Å². The molecule has 2 saturated heterocycles. The third-order valence-electron chi connectivity index (χ3n) is 5.84. The van der Waals surface area contributed by atoms with E-state index in [1.54, 1.807) is 17.0 Å². The van der Waals surface area contributed by atoms with Crippen molar-refractivity contribution in [2.45, 2.75) is 19.9 Å². The standard InChI is InChI=1S/C20H23N3O3/c1-13-9-18(24)15-5-3-4-6-17(15)23(13)12-19(25)22-10-14-7-8-21(2)20(26)16(14)11-22/h3-6,9,14,16H,7-8,10-12H2,1-2H3/t14-,16+/m1/s1. The Labute approximate surface area is 152 Å². The number of carbonyl (C=O) groups is 2. The third-order valence-corrected chi connectivity index (χ3v) is 5.84. The second kappa shape index (κ2) is 6.27. The van der Waals surface area contributed by atoms with Gasteiger partial charge in [-0.1, -0.05) is 12.1 Å². The highest BCUT2D eigenvalue weighted by atomic mass is 16.2. The van der Waals surface area contributed by atoms with Crippen LogP contribution in [0.25, 0.3) is 10.9 Å². The van der Waals surface area contributed by atoms with Crippen molar-refractivity contribution >= 4 is 22.7 Å². The third kappa shape index (κ3) is 2.69. The molecule has 2 amide bonds. The average Bonchev–Trinajstić information content (AvgIpc) is 3.07. The number of fused-ring (bicyclic) bond motifs is 2. The van der Waals surface area contributed by atoms with Crippen molar-refractivity contribution in [1.29, 1.82) is 0 Å². The molecular weight excluding hydrogens is 330 g/mol. The first-order chi connectivity index (χ1) is 12.5. The number of amides is 2. The molecule has 136 valence electrons. The van der Waals surface area contributed by atoms with Crippen LogP contribution in [-0.4, -0.2) is 52.9 Å². The maximum atomic E-state index is 12.9. The lowest BCUT2D eigenvalue weighted by Crippen LogP contribution is -2.42. The number of carbonyl (C=O) groups excluding carboxylic acids is 2. The predicted octanol–water partition coefficient (Wildman–Crippen LogP) is 1.25. The van der Waals surface area contributed by atoms with E-state index >= 15 is 0 Å². The highest BCUT2D eigenvalue weighted by Gasteiger charge is 2.43. The molecule has 0 N–H and O–H groups in total. The second-order valence-corrected chi connectivity index (χ2v) is 7.47. The summed E-state index contributed by atoms with van der Waals surface area (Å²) in [5.74, 6) is 0.368. The number of pyridine rings is 1. The maximum absolute atomic E-state index is 12.9. The van der Waals surface area contributed by atoms with Gasteiger partial charge in [-0.3, -0.25) is 14.4 Å². The minimum absolute atomic E-state index is 0.00625. The molecular formula is C20H23N3O3. The molecule has 6 nitrogen and oxygen atoms in total. The average molecular weight is 353 g/mol. The number of aryl methyl sites for hydroxylation is 1. The minimum Gasteiger partial charge on any atom is -0.345 e. The zero-order valence-electron chi connectivity index (χ0n) is 15.1. The predicted molar refractivity (Wildman–Crippen MR) is 98.8 cm³/mol. The number of hydrogen-bond donors (Lipinski definition) is 0. The molecule has 1 aromatic heterocycles. The second-order valence-electron chi connectivity index (χ2n) is 7.47. The summed E-state index contributed by atoms with van der Waals surface area (Å²) >= 11 is 0. The Morgan fingerprint density at radius 3 is 2.77 bits per heavy atom. The van der Waals surface area contributed by atoms with Crippen LogP contribution in [0.2, 0.25) is 0 Å². The molecule has 0 bridgehead atoms. The molecule has 0 saturated carbocycles. The first kappa shape index (κ1) is 16.8. The summed E-state index contributed by atoms with van der Waals surface area (Å²) in [6, 6.07) is 8.95. The van der Waals surface area contributed by atoms with Gasteiger partial charge in [0.2, 0.25) is 11.8 Å². The van der Waals surface area contributed by atoms with E-state index in [0.29, 0.717) is 18.5 Å². The summed E-state index contributed by atoms with van der Waals surface area (Å²) in [7, 11) is 1.83. The van der Waals surface area contributed by atoms with Crippen molar-refractivity contribution in [2.75, 3.05) is 26.7 Å². The minimum atomic E-state index is -0.0652. The molecule has 2 aliphatic rings. The van der Waals surface area contributed by atoms with E-state index in [-0.39, 0.29) is 35.6 Å². The van der Waals surface area contributed by atoms with Crippen LogP contribution in [0.5, 0.6) is 0 Å². The quantitative estimate of drug-likeness (QED) is 0.816. The van der Waals surface area contributed by atoms with Gasteiger partial charge in [-0.15, -0.1) is 0 Å². The molecule has 0 radical (unpaired) electrons. The van der Waals surface area contributed by atoms with Gasteiger partial charge < -0.3 is 14.4 Å². The molecule has 0 unspecified atom stereocenters. The fourth-order valence-corrected chi connectivity index (χ4v) is 4.30. The number of para-hydroxylation sites is 1. The Morgan fingerprint density at radius 2 is 1.96 bits per heavy atom. The van der Waals surface area contributed by atoms with Crippen molar-refractivity contribution < 1.29 is 9.59 Å². The summed E-state index contributed by atoms with van der Waals surface area (Å²) < 4.78 is 1.90. The SMILES string of the molecule is Cc1cc(=O)c2ccccc2n1CC(=O)N1C[C@H]2CCN(C)C(=O)[C@H]2C1. The van der Waals surface area contributed by atoms with Crippen LogP contribution in [0.15, 0.2) is 35.1 Å². The highest BCUT2D eigenvalue weighted by Crippen LogP contribution is 2.31. The van der Waals surface area contributed by atoms with Gasteiger partial charge in [0.15, 0.2) is 5.43 Å². The number of nitrogens with zero attached hydrogens (tertiary/aromatic N) is 3. The molecule has 0 aliphatic carbocycles. The molecule has 4 rings (SSSR count). The van der Waals surface area contributed by atoms with Crippen LogP contribution >= 0.6 is 0 Å². The van der Waals surface area contributed by atoms with Crippen LogP contribution in [0, 0.1) is 18.8 Å². The number of hydrogen-bond acceptors (Lipinski definition) is 3. The van der Waals surface area contributed by atoms with Crippen molar-refractivity contribution in [3.63, 3.8) is 0 Å². The summed E-state index contributed by atoms with van der Waals surface area (Å²) in [5.41, 5.74) is 1.52. The summed E-state index contributed by atoms with van der Waals surface area (Å²) in [4.78, 5) is 41.0. The lowest BCUT2D eigenvalue weighted by atomic mass is 9.88. The number of benzene rings is 1. The van der Waals surface area contributed by atoms with Gasteiger partial charge in [-0.05, 0) is 31.4 Å². The first-order valence-electron chi connectivity index (χ1n) is 9.07. The highest BCUT2D eigenvalue weighted by molar-refractivity contribution is 5.85. The number of rotatable bonds is 2. The fourth-order valence-electron chi connectivity index (χ4n) is 4.30. The van der Waals surface area contributed by atoms with Gasteiger partial charge >= 0.3 is 0 Å². The Bertz CT molecular complexity index is 949. The van der Waals surface area contributed by atoms with E-state index in [9.17, 15) is 14.4 Å². The summed E-state index contributed by atoms with van der Waals surface area (Å²) in [6.45, 7) is 3.97. The van der Waals surface area contributed by atoms with Gasteiger partial charge in [0.1, 0.15) is 6.54 Å². The Morgan fingerprint density at radius 1 is 1.19 bits per heavy atom. The van der Waals surface area contributed by atoms with Crippen molar-refractivity contribution in [3.05, 3.63) is 46.2 Å². The van der Waals surface area contributed by atoms with Crippen molar-refractivity contribution in [1.82, 2.24) is 14.4 Å². The monoisotopic (exact) mass is 353 g/mol. The molecule has 0 spiro atoms. The molecule has 2 aromatic rings. The molecule has 2 atom stereocenters. The molecule has 1 aromatic carbocycles. The summed E-state index contributed by atoms with van der Waals surface area (Å²) in [5, 5.41) is 0.623. The van der Waals surface area contributed by atoms with Crippen molar-refractivity contribution in [3.8, 4) is 0 Å². The fraction of sp³-hybridized carbons (Fsp3) is 0.450. The van der Waals surface area contributed by atoms with Crippen LogP contribution in [0.3, 0.4) is 0 Å². The molecule has 3 heterocycles.